The van der Waals surface area contributed by atoms with Crippen LogP contribution in [0.4, 0.5) is 11.5 Å². The van der Waals surface area contributed by atoms with Crippen LogP contribution in [-0.2, 0) is 4.74 Å². The quantitative estimate of drug-likeness (QED) is 0.756. The zero-order valence-corrected chi connectivity index (χ0v) is 15.7. The normalized spacial score (nSPS) is 17.0. The zero-order valence-electron chi connectivity index (χ0n) is 15.7. The highest BCUT2D eigenvalue weighted by Crippen LogP contribution is 2.31. The lowest BCUT2D eigenvalue weighted by Crippen LogP contribution is -2.19. The second-order valence-electron chi connectivity index (χ2n) is 7.13. The van der Waals surface area contributed by atoms with E-state index < -0.39 is 0 Å². The monoisotopic (exact) mass is 350 g/mol. The first-order valence-electron chi connectivity index (χ1n) is 9.25. The summed E-state index contributed by atoms with van der Waals surface area (Å²) in [6.07, 6.45) is 2.56. The second-order valence-corrected chi connectivity index (χ2v) is 7.13. The number of imidazole rings is 1. The van der Waals surface area contributed by atoms with E-state index in [2.05, 4.69) is 78.1 Å². The van der Waals surface area contributed by atoms with Gasteiger partial charge in [-0.2, -0.15) is 0 Å². The lowest BCUT2D eigenvalue weighted by molar-refractivity contribution is 0.120. The summed E-state index contributed by atoms with van der Waals surface area (Å²) in [4.78, 5) is 7.01. The van der Waals surface area contributed by atoms with Crippen LogP contribution in [0.15, 0.2) is 42.5 Å². The molecule has 136 valence electrons. The van der Waals surface area contributed by atoms with E-state index in [1.54, 1.807) is 0 Å². The molecule has 1 aromatic carbocycles. The van der Waals surface area contributed by atoms with E-state index in [1.807, 2.05) is 0 Å². The van der Waals surface area contributed by atoms with Crippen molar-refractivity contribution in [2.75, 3.05) is 37.5 Å². The molecule has 0 bridgehead atoms. The van der Waals surface area contributed by atoms with Crippen molar-refractivity contribution >= 4 is 17.2 Å². The predicted molar refractivity (Wildman–Crippen MR) is 107 cm³/mol. The molecule has 1 atom stereocenters. The number of fused-ring (bicyclic) bond motifs is 1. The molecule has 5 nitrogen and oxygen atoms in total. The molecule has 4 rings (SSSR count). The molecule has 1 fully saturated rings. The number of hydrogen-bond acceptors (Lipinski definition) is 4. The highest BCUT2D eigenvalue weighted by Gasteiger charge is 2.19. The first kappa shape index (κ1) is 16.9. The smallest absolute Gasteiger partial charge is 0.139 e. The van der Waals surface area contributed by atoms with Gasteiger partial charge in [0.2, 0.25) is 0 Å². The van der Waals surface area contributed by atoms with Crippen molar-refractivity contribution in [3.63, 3.8) is 0 Å². The number of pyridine rings is 1. The standard InChI is InChI=1S/C21H26N4O/c1-15-6-4-8-19-23-20(16-9-11-17(12-10-16)24(2)3)21(25(15)19)22-14-18-7-5-13-26-18/h4,6,8-12,18,22H,5,7,13-14H2,1-3H3. The van der Waals surface area contributed by atoms with Crippen molar-refractivity contribution in [3.8, 4) is 11.3 Å². The van der Waals surface area contributed by atoms with Gasteiger partial charge in [0.1, 0.15) is 17.2 Å². The van der Waals surface area contributed by atoms with Crippen LogP contribution in [0.1, 0.15) is 18.5 Å². The van der Waals surface area contributed by atoms with Crippen LogP contribution in [0.3, 0.4) is 0 Å². The van der Waals surface area contributed by atoms with Crippen LogP contribution in [0, 0.1) is 6.92 Å². The summed E-state index contributed by atoms with van der Waals surface area (Å²) in [5.41, 5.74) is 5.42. The maximum Gasteiger partial charge on any atom is 0.139 e. The number of ether oxygens (including phenoxy) is 1. The highest BCUT2D eigenvalue weighted by atomic mass is 16.5. The number of aromatic nitrogens is 2. The summed E-state index contributed by atoms with van der Waals surface area (Å²) < 4.78 is 7.98. The average Bonchev–Trinajstić information content (AvgIpc) is 3.28. The SMILES string of the molecule is Cc1cccc2nc(-c3ccc(N(C)C)cc3)c(NCC3CCCO3)n12. The van der Waals surface area contributed by atoms with E-state index in [0.717, 1.165) is 48.7 Å². The third-order valence-electron chi connectivity index (χ3n) is 5.02. The summed E-state index contributed by atoms with van der Waals surface area (Å²) in [6, 6.07) is 14.8. The van der Waals surface area contributed by atoms with Gasteiger partial charge in [-0.3, -0.25) is 4.40 Å². The molecular weight excluding hydrogens is 324 g/mol. The van der Waals surface area contributed by atoms with Crippen LogP contribution in [0.5, 0.6) is 0 Å². The average molecular weight is 350 g/mol. The molecule has 0 saturated carbocycles. The van der Waals surface area contributed by atoms with E-state index in [9.17, 15) is 0 Å². The van der Waals surface area contributed by atoms with Gasteiger partial charge in [-0.05, 0) is 44.0 Å². The third-order valence-corrected chi connectivity index (χ3v) is 5.02. The van der Waals surface area contributed by atoms with Gasteiger partial charge in [-0.15, -0.1) is 0 Å². The minimum atomic E-state index is 0.286. The molecule has 0 radical (unpaired) electrons. The Labute approximate surface area is 154 Å². The molecular formula is C21H26N4O. The lowest BCUT2D eigenvalue weighted by atomic mass is 10.1. The molecule has 0 aliphatic carbocycles. The molecule has 2 aromatic heterocycles. The Hall–Kier alpha value is -2.53. The van der Waals surface area contributed by atoms with Gasteiger partial charge in [0, 0.05) is 44.2 Å². The molecule has 26 heavy (non-hydrogen) atoms. The number of anilines is 2. The van der Waals surface area contributed by atoms with Gasteiger partial charge in [0.05, 0.1) is 6.10 Å². The van der Waals surface area contributed by atoms with Crippen molar-refractivity contribution < 1.29 is 4.74 Å². The third kappa shape index (κ3) is 3.15. The van der Waals surface area contributed by atoms with E-state index in [4.69, 9.17) is 9.72 Å². The fourth-order valence-corrected chi connectivity index (χ4v) is 3.55. The maximum absolute atomic E-state index is 5.78. The molecule has 1 saturated heterocycles. The molecule has 0 amide bonds. The number of aryl methyl sites for hydroxylation is 1. The summed E-state index contributed by atoms with van der Waals surface area (Å²) >= 11 is 0. The van der Waals surface area contributed by atoms with Crippen molar-refractivity contribution in [1.29, 1.82) is 0 Å². The minimum absolute atomic E-state index is 0.286. The molecule has 1 aliphatic heterocycles. The van der Waals surface area contributed by atoms with Crippen LogP contribution >= 0.6 is 0 Å². The number of rotatable bonds is 5. The Balaban J connectivity index is 1.74. The van der Waals surface area contributed by atoms with Crippen molar-refractivity contribution in [2.45, 2.75) is 25.9 Å². The van der Waals surface area contributed by atoms with Gasteiger partial charge >= 0.3 is 0 Å². The summed E-state index contributed by atoms with van der Waals surface area (Å²) in [5, 5.41) is 3.62. The number of nitrogens with zero attached hydrogens (tertiary/aromatic N) is 3. The number of hydrogen-bond donors (Lipinski definition) is 1. The minimum Gasteiger partial charge on any atom is -0.378 e. The van der Waals surface area contributed by atoms with Gasteiger partial charge in [-0.1, -0.05) is 18.2 Å². The number of nitrogens with one attached hydrogen (secondary N) is 1. The zero-order chi connectivity index (χ0) is 18.1. The molecule has 1 unspecified atom stereocenters. The molecule has 3 heterocycles. The van der Waals surface area contributed by atoms with Gasteiger partial charge in [-0.25, -0.2) is 4.98 Å². The molecule has 5 heteroatoms. The van der Waals surface area contributed by atoms with Crippen LogP contribution < -0.4 is 10.2 Å². The molecule has 3 aromatic rings. The number of benzene rings is 1. The second kappa shape index (κ2) is 7.00. The van der Waals surface area contributed by atoms with Crippen molar-refractivity contribution in [1.82, 2.24) is 9.38 Å². The van der Waals surface area contributed by atoms with Gasteiger partial charge < -0.3 is 15.0 Å². The molecule has 1 N–H and O–H groups in total. The first-order chi connectivity index (χ1) is 12.6. The summed E-state index contributed by atoms with van der Waals surface area (Å²) in [7, 11) is 4.11. The topological polar surface area (TPSA) is 41.8 Å². The van der Waals surface area contributed by atoms with E-state index in [-0.39, 0.29) is 6.10 Å². The van der Waals surface area contributed by atoms with Gasteiger partial charge in [0.25, 0.3) is 0 Å². The van der Waals surface area contributed by atoms with Crippen LogP contribution in [-0.4, -0.2) is 42.7 Å². The fourth-order valence-electron chi connectivity index (χ4n) is 3.55. The summed E-state index contributed by atoms with van der Waals surface area (Å²) in [6.45, 7) is 3.80. The Morgan fingerprint density at radius 1 is 1.19 bits per heavy atom. The molecule has 1 aliphatic rings. The Bertz CT molecular complexity index is 892. The first-order valence-corrected chi connectivity index (χ1v) is 9.25. The lowest BCUT2D eigenvalue weighted by Gasteiger charge is -2.15. The maximum atomic E-state index is 5.78. The largest absolute Gasteiger partial charge is 0.378 e. The van der Waals surface area contributed by atoms with Crippen LogP contribution in [0.25, 0.3) is 16.9 Å². The summed E-state index contributed by atoms with van der Waals surface area (Å²) in [5.74, 6) is 1.05. The Kier molecular flexibility index (Phi) is 4.55. The van der Waals surface area contributed by atoms with Crippen molar-refractivity contribution in [2.24, 2.45) is 0 Å². The van der Waals surface area contributed by atoms with Crippen LogP contribution in [0.2, 0.25) is 0 Å². The van der Waals surface area contributed by atoms with E-state index in [0.29, 0.717) is 0 Å². The fraction of sp³-hybridized carbons (Fsp3) is 0.381. The Morgan fingerprint density at radius 2 is 2.00 bits per heavy atom. The highest BCUT2D eigenvalue weighted by molar-refractivity contribution is 5.77. The molecule has 0 spiro atoms. The van der Waals surface area contributed by atoms with E-state index in [1.165, 1.54) is 11.4 Å². The predicted octanol–water partition coefficient (Wildman–Crippen LogP) is 3.97. The van der Waals surface area contributed by atoms with Crippen molar-refractivity contribution in [3.05, 3.63) is 48.2 Å². The van der Waals surface area contributed by atoms with E-state index >= 15 is 0 Å². The van der Waals surface area contributed by atoms with Gasteiger partial charge in [0.15, 0.2) is 0 Å². The Morgan fingerprint density at radius 3 is 2.69 bits per heavy atom.